The Hall–Kier alpha value is 0.640. The molecule has 0 heterocycles. The Morgan fingerprint density at radius 1 is 1.33 bits per heavy atom. The standard InChI is InChI=1S/C10H19ClS/c1-2-3-4-8-12-10-7-5-6-9(10)11/h9-10H,2-8H2,1H3. The highest BCUT2D eigenvalue weighted by atomic mass is 35.5. The van der Waals surface area contributed by atoms with Gasteiger partial charge in [-0.05, 0) is 25.0 Å². The van der Waals surface area contributed by atoms with Gasteiger partial charge in [-0.15, -0.1) is 11.6 Å². The van der Waals surface area contributed by atoms with Crippen LogP contribution >= 0.6 is 23.4 Å². The fraction of sp³-hybridized carbons (Fsp3) is 1.00. The average Bonchev–Trinajstić information content (AvgIpc) is 2.46. The molecule has 2 unspecified atom stereocenters. The number of unbranched alkanes of at least 4 members (excludes halogenated alkanes) is 2. The molecule has 0 N–H and O–H groups in total. The van der Waals surface area contributed by atoms with Crippen molar-refractivity contribution in [3.63, 3.8) is 0 Å². The van der Waals surface area contributed by atoms with Crippen LogP contribution in [0.15, 0.2) is 0 Å². The quantitative estimate of drug-likeness (QED) is 0.483. The Morgan fingerprint density at radius 3 is 2.75 bits per heavy atom. The van der Waals surface area contributed by atoms with E-state index in [4.69, 9.17) is 11.6 Å². The summed E-state index contributed by atoms with van der Waals surface area (Å²) >= 11 is 8.27. The molecular formula is C10H19ClS. The molecule has 0 amide bonds. The smallest absolute Gasteiger partial charge is 0.0454 e. The number of alkyl halides is 1. The van der Waals surface area contributed by atoms with Crippen LogP contribution < -0.4 is 0 Å². The Bertz CT molecular complexity index is 116. The van der Waals surface area contributed by atoms with E-state index in [1.54, 1.807) is 0 Å². The van der Waals surface area contributed by atoms with Gasteiger partial charge in [0.2, 0.25) is 0 Å². The van der Waals surface area contributed by atoms with E-state index in [0.29, 0.717) is 5.38 Å². The van der Waals surface area contributed by atoms with Crippen molar-refractivity contribution in [1.82, 2.24) is 0 Å². The second-order valence-corrected chi connectivity index (χ2v) is 5.47. The summed E-state index contributed by atoms with van der Waals surface area (Å²) in [6.07, 6.45) is 8.03. The van der Waals surface area contributed by atoms with Gasteiger partial charge >= 0.3 is 0 Å². The summed E-state index contributed by atoms with van der Waals surface area (Å²) in [7, 11) is 0. The Labute approximate surface area is 85.4 Å². The van der Waals surface area contributed by atoms with Crippen molar-refractivity contribution < 1.29 is 0 Å². The first-order valence-electron chi connectivity index (χ1n) is 5.10. The van der Waals surface area contributed by atoms with Crippen molar-refractivity contribution in [1.29, 1.82) is 0 Å². The summed E-state index contributed by atoms with van der Waals surface area (Å²) in [6, 6.07) is 0. The second kappa shape index (κ2) is 6.15. The largest absolute Gasteiger partial charge is 0.157 e. The van der Waals surface area contributed by atoms with Crippen LogP contribution in [0.3, 0.4) is 0 Å². The highest BCUT2D eigenvalue weighted by Crippen LogP contribution is 2.33. The summed E-state index contributed by atoms with van der Waals surface area (Å²) in [6.45, 7) is 2.25. The zero-order chi connectivity index (χ0) is 8.81. The number of hydrogen-bond acceptors (Lipinski definition) is 1. The fourth-order valence-corrected chi connectivity index (χ4v) is 3.51. The Kier molecular flexibility index (Phi) is 5.49. The van der Waals surface area contributed by atoms with Crippen LogP contribution in [-0.4, -0.2) is 16.4 Å². The lowest BCUT2D eigenvalue weighted by molar-refractivity contribution is 0.775. The molecule has 0 bridgehead atoms. The molecule has 1 saturated carbocycles. The van der Waals surface area contributed by atoms with Crippen molar-refractivity contribution >= 4 is 23.4 Å². The maximum atomic E-state index is 6.17. The minimum Gasteiger partial charge on any atom is -0.157 e. The maximum absolute atomic E-state index is 6.17. The van der Waals surface area contributed by atoms with E-state index in [1.165, 1.54) is 44.3 Å². The molecule has 0 nitrogen and oxygen atoms in total. The Balaban J connectivity index is 1.98. The first kappa shape index (κ1) is 10.7. The third kappa shape index (κ3) is 3.57. The van der Waals surface area contributed by atoms with Crippen molar-refractivity contribution in [2.24, 2.45) is 0 Å². The van der Waals surface area contributed by atoms with E-state index in [2.05, 4.69) is 18.7 Å². The van der Waals surface area contributed by atoms with Gasteiger partial charge in [0.1, 0.15) is 0 Å². The molecule has 0 aliphatic heterocycles. The molecule has 1 rings (SSSR count). The minimum absolute atomic E-state index is 0.469. The van der Waals surface area contributed by atoms with Crippen molar-refractivity contribution in [3.05, 3.63) is 0 Å². The van der Waals surface area contributed by atoms with E-state index in [9.17, 15) is 0 Å². The van der Waals surface area contributed by atoms with Gasteiger partial charge in [0.15, 0.2) is 0 Å². The Morgan fingerprint density at radius 2 is 2.17 bits per heavy atom. The molecule has 1 aliphatic carbocycles. The highest BCUT2D eigenvalue weighted by molar-refractivity contribution is 8.00. The van der Waals surface area contributed by atoms with Crippen LogP contribution in [0.5, 0.6) is 0 Å². The SMILES string of the molecule is CCCCCSC1CCCC1Cl. The van der Waals surface area contributed by atoms with Crippen LogP contribution in [-0.2, 0) is 0 Å². The first-order valence-corrected chi connectivity index (χ1v) is 6.58. The van der Waals surface area contributed by atoms with E-state index >= 15 is 0 Å². The zero-order valence-corrected chi connectivity index (χ0v) is 9.46. The molecule has 0 saturated heterocycles. The van der Waals surface area contributed by atoms with Gasteiger partial charge < -0.3 is 0 Å². The number of rotatable bonds is 5. The van der Waals surface area contributed by atoms with E-state index in [1.807, 2.05) is 0 Å². The molecule has 2 heteroatoms. The summed E-state index contributed by atoms with van der Waals surface area (Å²) in [4.78, 5) is 0. The van der Waals surface area contributed by atoms with E-state index in [0.717, 1.165) is 5.25 Å². The van der Waals surface area contributed by atoms with Gasteiger partial charge in [-0.3, -0.25) is 0 Å². The molecule has 2 atom stereocenters. The summed E-state index contributed by atoms with van der Waals surface area (Å²) in [5.74, 6) is 1.32. The van der Waals surface area contributed by atoms with Crippen molar-refractivity contribution in [3.8, 4) is 0 Å². The number of thioether (sulfide) groups is 1. The maximum Gasteiger partial charge on any atom is 0.0454 e. The first-order chi connectivity index (χ1) is 5.84. The lowest BCUT2D eigenvalue weighted by atomic mass is 10.3. The fourth-order valence-electron chi connectivity index (χ4n) is 1.66. The van der Waals surface area contributed by atoms with E-state index in [-0.39, 0.29) is 0 Å². The third-order valence-corrected chi connectivity index (χ3v) is 4.64. The van der Waals surface area contributed by atoms with Gasteiger partial charge in [0.05, 0.1) is 0 Å². The van der Waals surface area contributed by atoms with Gasteiger partial charge in [-0.1, -0.05) is 26.2 Å². The van der Waals surface area contributed by atoms with Crippen LogP contribution in [0.2, 0.25) is 0 Å². The van der Waals surface area contributed by atoms with Gasteiger partial charge in [0, 0.05) is 10.6 Å². The minimum atomic E-state index is 0.469. The number of halogens is 1. The molecule has 1 fully saturated rings. The van der Waals surface area contributed by atoms with Gasteiger partial charge in [-0.25, -0.2) is 0 Å². The van der Waals surface area contributed by atoms with Crippen LogP contribution in [0.1, 0.15) is 45.4 Å². The summed E-state index contributed by atoms with van der Waals surface area (Å²) < 4.78 is 0. The molecule has 72 valence electrons. The van der Waals surface area contributed by atoms with Crippen molar-refractivity contribution in [2.45, 2.75) is 56.1 Å². The predicted molar refractivity (Wildman–Crippen MR) is 59.3 cm³/mol. The molecule has 12 heavy (non-hydrogen) atoms. The predicted octanol–water partition coefficient (Wildman–Crippen LogP) is 4.07. The lowest BCUT2D eigenvalue weighted by Crippen LogP contribution is -2.09. The topological polar surface area (TPSA) is 0 Å². The molecule has 0 radical (unpaired) electrons. The van der Waals surface area contributed by atoms with Gasteiger partial charge in [0.25, 0.3) is 0 Å². The van der Waals surface area contributed by atoms with Crippen molar-refractivity contribution in [2.75, 3.05) is 5.75 Å². The molecule has 0 aromatic rings. The second-order valence-electron chi connectivity index (χ2n) is 3.56. The highest BCUT2D eigenvalue weighted by Gasteiger charge is 2.24. The van der Waals surface area contributed by atoms with Crippen LogP contribution in [0.25, 0.3) is 0 Å². The molecular weight excluding hydrogens is 188 g/mol. The molecule has 0 spiro atoms. The van der Waals surface area contributed by atoms with Gasteiger partial charge in [-0.2, -0.15) is 11.8 Å². The lowest BCUT2D eigenvalue weighted by Gasteiger charge is -2.12. The molecule has 0 aromatic carbocycles. The molecule has 0 aromatic heterocycles. The van der Waals surface area contributed by atoms with E-state index < -0.39 is 0 Å². The summed E-state index contributed by atoms with van der Waals surface area (Å²) in [5, 5.41) is 1.24. The third-order valence-electron chi connectivity index (χ3n) is 2.45. The monoisotopic (exact) mass is 206 g/mol. The number of hydrogen-bond donors (Lipinski definition) is 0. The normalized spacial score (nSPS) is 29.5. The zero-order valence-electron chi connectivity index (χ0n) is 7.89. The average molecular weight is 207 g/mol. The van der Waals surface area contributed by atoms with Crippen LogP contribution in [0.4, 0.5) is 0 Å². The van der Waals surface area contributed by atoms with Crippen LogP contribution in [0, 0.1) is 0 Å². The summed E-state index contributed by atoms with van der Waals surface area (Å²) in [5.41, 5.74) is 0. The molecule has 1 aliphatic rings.